The number of carbonyl (C=O) groups excluding carboxylic acids is 2. The van der Waals surface area contributed by atoms with Crippen LogP contribution in [0.4, 0.5) is 0 Å². The Balaban J connectivity index is 3.80. The van der Waals surface area contributed by atoms with Gasteiger partial charge in [-0.25, -0.2) is 4.79 Å². The van der Waals surface area contributed by atoms with Crippen LogP contribution in [-0.2, 0) is 14.3 Å². The van der Waals surface area contributed by atoms with Gasteiger partial charge in [0.15, 0.2) is 0 Å². The molecule has 0 radical (unpaired) electrons. The lowest BCUT2D eigenvalue weighted by Gasteiger charge is -2.15. The molecule has 4 nitrogen and oxygen atoms in total. The Kier molecular flexibility index (Phi) is 10.0. The smallest absolute Gasteiger partial charge is 0.329 e. The fourth-order valence-corrected chi connectivity index (χ4v) is 1.52. The standard InChI is InChI=1S/C12H23NO3S/c1-3-5-6-7-8-16-12(15)10(9-17)13-11(14)4-2/h10,17H,3-9H2,1-2H3,(H,13,14)/t10-/m0/s1. The molecule has 5 heteroatoms. The van der Waals surface area contributed by atoms with Gasteiger partial charge >= 0.3 is 5.97 Å². The normalized spacial score (nSPS) is 11.9. The molecule has 1 atom stereocenters. The minimum absolute atomic E-state index is 0.160. The van der Waals surface area contributed by atoms with Crippen LogP contribution in [0, 0.1) is 0 Å². The van der Waals surface area contributed by atoms with Crippen LogP contribution in [0.15, 0.2) is 0 Å². The lowest BCUT2D eigenvalue weighted by atomic mass is 10.2. The molecule has 0 unspecified atom stereocenters. The van der Waals surface area contributed by atoms with Gasteiger partial charge in [0.25, 0.3) is 0 Å². The first-order valence-corrected chi connectivity index (χ1v) is 6.85. The van der Waals surface area contributed by atoms with Crippen LogP contribution in [-0.4, -0.2) is 30.3 Å². The van der Waals surface area contributed by atoms with Crippen LogP contribution in [0.5, 0.6) is 0 Å². The fraction of sp³-hybridized carbons (Fsp3) is 0.833. The molecule has 0 aromatic rings. The second-order valence-corrected chi connectivity index (χ2v) is 4.25. The number of esters is 1. The third kappa shape index (κ3) is 8.07. The Hall–Kier alpha value is -0.710. The fourth-order valence-electron chi connectivity index (χ4n) is 1.28. The van der Waals surface area contributed by atoms with E-state index >= 15 is 0 Å². The molecule has 0 aromatic heterocycles. The first-order chi connectivity index (χ1) is 8.15. The van der Waals surface area contributed by atoms with E-state index in [2.05, 4.69) is 24.9 Å². The summed E-state index contributed by atoms with van der Waals surface area (Å²) in [6.07, 6.45) is 4.60. The van der Waals surface area contributed by atoms with E-state index in [0.717, 1.165) is 25.7 Å². The summed E-state index contributed by atoms with van der Waals surface area (Å²) in [4.78, 5) is 22.7. The zero-order valence-electron chi connectivity index (χ0n) is 10.7. The van der Waals surface area contributed by atoms with Crippen molar-refractivity contribution < 1.29 is 14.3 Å². The van der Waals surface area contributed by atoms with Gasteiger partial charge < -0.3 is 10.1 Å². The van der Waals surface area contributed by atoms with Gasteiger partial charge in [-0.15, -0.1) is 0 Å². The molecular formula is C12H23NO3S. The third-order valence-corrected chi connectivity index (χ3v) is 2.73. The Bertz CT molecular complexity index is 234. The maximum Gasteiger partial charge on any atom is 0.329 e. The Morgan fingerprint density at radius 1 is 1.24 bits per heavy atom. The molecule has 0 aromatic carbocycles. The topological polar surface area (TPSA) is 55.4 Å². The lowest BCUT2D eigenvalue weighted by molar-refractivity contribution is -0.147. The van der Waals surface area contributed by atoms with Crippen molar-refractivity contribution in [1.29, 1.82) is 0 Å². The minimum atomic E-state index is -0.628. The second kappa shape index (κ2) is 10.4. The predicted octanol–water partition coefficient (Wildman–Crippen LogP) is 1.93. The van der Waals surface area contributed by atoms with Crippen LogP contribution in [0.25, 0.3) is 0 Å². The number of ether oxygens (including phenoxy) is 1. The van der Waals surface area contributed by atoms with Crippen molar-refractivity contribution in [1.82, 2.24) is 5.32 Å². The highest BCUT2D eigenvalue weighted by Gasteiger charge is 2.19. The summed E-state index contributed by atoms with van der Waals surface area (Å²) in [7, 11) is 0. The summed E-state index contributed by atoms with van der Waals surface area (Å²) in [5.41, 5.74) is 0. The molecule has 0 bridgehead atoms. The van der Waals surface area contributed by atoms with Crippen molar-refractivity contribution in [2.45, 2.75) is 52.0 Å². The Morgan fingerprint density at radius 3 is 2.47 bits per heavy atom. The molecule has 0 spiro atoms. The van der Waals surface area contributed by atoms with Gasteiger partial charge in [0, 0.05) is 12.2 Å². The highest BCUT2D eigenvalue weighted by molar-refractivity contribution is 7.80. The predicted molar refractivity (Wildman–Crippen MR) is 71.2 cm³/mol. The van der Waals surface area contributed by atoms with Gasteiger partial charge in [-0.1, -0.05) is 33.1 Å². The van der Waals surface area contributed by atoms with Gasteiger partial charge in [-0.05, 0) is 6.42 Å². The average Bonchev–Trinajstić information content (AvgIpc) is 2.34. The molecule has 0 saturated heterocycles. The summed E-state index contributed by atoms with van der Waals surface area (Å²) >= 11 is 4.03. The lowest BCUT2D eigenvalue weighted by Crippen LogP contribution is -2.43. The number of rotatable bonds is 9. The van der Waals surface area contributed by atoms with E-state index in [-0.39, 0.29) is 11.7 Å². The summed E-state index contributed by atoms with van der Waals surface area (Å²) in [6.45, 7) is 4.29. The molecule has 0 fully saturated rings. The number of thiol groups is 1. The highest BCUT2D eigenvalue weighted by Crippen LogP contribution is 2.01. The molecule has 0 aliphatic carbocycles. The largest absolute Gasteiger partial charge is 0.464 e. The molecule has 0 aliphatic rings. The van der Waals surface area contributed by atoms with Crippen molar-refractivity contribution in [2.75, 3.05) is 12.4 Å². The van der Waals surface area contributed by atoms with Crippen molar-refractivity contribution in [3.05, 3.63) is 0 Å². The summed E-state index contributed by atoms with van der Waals surface area (Å²) < 4.78 is 5.08. The molecule has 17 heavy (non-hydrogen) atoms. The maximum absolute atomic E-state index is 11.6. The molecule has 0 heterocycles. The van der Waals surface area contributed by atoms with Crippen molar-refractivity contribution in [2.24, 2.45) is 0 Å². The molecule has 1 N–H and O–H groups in total. The Labute approximate surface area is 109 Å². The number of nitrogens with one attached hydrogen (secondary N) is 1. The third-order valence-electron chi connectivity index (χ3n) is 2.37. The van der Waals surface area contributed by atoms with Crippen molar-refractivity contribution in [3.63, 3.8) is 0 Å². The van der Waals surface area contributed by atoms with Crippen LogP contribution in [0.2, 0.25) is 0 Å². The highest BCUT2D eigenvalue weighted by atomic mass is 32.1. The maximum atomic E-state index is 11.6. The van der Waals surface area contributed by atoms with Crippen molar-refractivity contribution >= 4 is 24.5 Å². The van der Waals surface area contributed by atoms with E-state index in [4.69, 9.17) is 4.74 Å². The van der Waals surface area contributed by atoms with Gasteiger partial charge in [0.2, 0.25) is 5.91 Å². The summed E-state index contributed by atoms with van der Waals surface area (Å²) in [6, 6.07) is -0.628. The van der Waals surface area contributed by atoms with Crippen LogP contribution < -0.4 is 5.32 Å². The molecule has 0 aliphatic heterocycles. The molecule has 0 saturated carbocycles. The number of hydrogen-bond donors (Lipinski definition) is 2. The first-order valence-electron chi connectivity index (χ1n) is 6.22. The average molecular weight is 261 g/mol. The molecule has 0 rings (SSSR count). The zero-order valence-corrected chi connectivity index (χ0v) is 11.6. The van der Waals surface area contributed by atoms with Gasteiger partial charge in [0.05, 0.1) is 6.61 Å². The van der Waals surface area contributed by atoms with Crippen LogP contribution in [0.1, 0.15) is 46.0 Å². The SMILES string of the molecule is CCCCCCOC(=O)[C@H](CS)NC(=O)CC. The van der Waals surface area contributed by atoms with Gasteiger partial charge in [-0.3, -0.25) is 4.79 Å². The van der Waals surface area contributed by atoms with Crippen LogP contribution in [0.3, 0.4) is 0 Å². The van der Waals surface area contributed by atoms with E-state index in [0.29, 0.717) is 13.0 Å². The minimum Gasteiger partial charge on any atom is -0.464 e. The van der Waals surface area contributed by atoms with E-state index in [9.17, 15) is 9.59 Å². The van der Waals surface area contributed by atoms with Gasteiger partial charge in [0.1, 0.15) is 6.04 Å². The van der Waals surface area contributed by atoms with Gasteiger partial charge in [-0.2, -0.15) is 12.6 Å². The number of carbonyl (C=O) groups is 2. The first kappa shape index (κ1) is 16.3. The van der Waals surface area contributed by atoms with Crippen molar-refractivity contribution in [3.8, 4) is 0 Å². The number of amides is 1. The quantitative estimate of drug-likeness (QED) is 0.379. The molecular weight excluding hydrogens is 238 g/mol. The Morgan fingerprint density at radius 2 is 1.94 bits per heavy atom. The van der Waals surface area contributed by atoms with E-state index < -0.39 is 12.0 Å². The monoisotopic (exact) mass is 261 g/mol. The van der Waals surface area contributed by atoms with E-state index in [1.165, 1.54) is 0 Å². The summed E-state index contributed by atoms with van der Waals surface area (Å²) in [5, 5.41) is 2.58. The number of unbranched alkanes of at least 4 members (excludes halogenated alkanes) is 3. The van der Waals surface area contributed by atoms with E-state index in [1.807, 2.05) is 0 Å². The molecule has 1 amide bonds. The zero-order chi connectivity index (χ0) is 13.1. The summed E-state index contributed by atoms with van der Waals surface area (Å²) in [5.74, 6) is -0.287. The van der Waals surface area contributed by atoms with Crippen LogP contribution >= 0.6 is 12.6 Å². The second-order valence-electron chi connectivity index (χ2n) is 3.88. The number of hydrogen-bond acceptors (Lipinski definition) is 4. The van der Waals surface area contributed by atoms with E-state index in [1.54, 1.807) is 6.92 Å². The molecule has 100 valence electrons.